The molecule has 21 heavy (non-hydrogen) atoms. The van der Waals surface area contributed by atoms with Crippen molar-refractivity contribution in [2.75, 3.05) is 19.8 Å². The molecule has 0 saturated carbocycles. The lowest BCUT2D eigenvalue weighted by molar-refractivity contribution is 0.296. The fourth-order valence-corrected chi connectivity index (χ4v) is 2.11. The number of benzene rings is 1. The first kappa shape index (κ1) is 17.6. The van der Waals surface area contributed by atoms with Crippen molar-refractivity contribution in [2.45, 2.75) is 46.1 Å². The van der Waals surface area contributed by atoms with Crippen LogP contribution in [0.25, 0.3) is 0 Å². The first-order valence-electron chi connectivity index (χ1n) is 8.02. The molecule has 3 nitrogen and oxygen atoms in total. The third-order valence-corrected chi connectivity index (χ3v) is 3.20. The monoisotopic (exact) mass is 291 g/mol. The van der Waals surface area contributed by atoms with Gasteiger partial charge >= 0.3 is 0 Å². The molecule has 1 N–H and O–H groups in total. The highest BCUT2D eigenvalue weighted by Crippen LogP contribution is 2.28. The van der Waals surface area contributed by atoms with Crippen LogP contribution in [-0.4, -0.2) is 19.8 Å². The van der Waals surface area contributed by atoms with Crippen LogP contribution in [0.5, 0.6) is 11.5 Å². The number of rotatable bonds is 12. The second kappa shape index (κ2) is 11.2. The second-order valence-electron chi connectivity index (χ2n) is 5.05. The lowest BCUT2D eigenvalue weighted by Gasteiger charge is -2.13. The van der Waals surface area contributed by atoms with Crippen molar-refractivity contribution in [3.8, 4) is 11.5 Å². The minimum Gasteiger partial charge on any atom is -0.490 e. The van der Waals surface area contributed by atoms with Crippen LogP contribution in [0.4, 0.5) is 0 Å². The van der Waals surface area contributed by atoms with E-state index >= 15 is 0 Å². The molecule has 0 aliphatic carbocycles. The molecule has 0 radical (unpaired) electrons. The van der Waals surface area contributed by atoms with Crippen molar-refractivity contribution in [3.63, 3.8) is 0 Å². The Labute approximate surface area is 129 Å². The quantitative estimate of drug-likeness (QED) is 0.459. The molecule has 0 atom stereocenters. The summed E-state index contributed by atoms with van der Waals surface area (Å²) in [5, 5.41) is 3.48. The molecule has 0 spiro atoms. The molecule has 0 aromatic heterocycles. The van der Waals surface area contributed by atoms with Crippen LogP contribution < -0.4 is 14.8 Å². The van der Waals surface area contributed by atoms with Gasteiger partial charge in [0.05, 0.1) is 6.61 Å². The van der Waals surface area contributed by atoms with Gasteiger partial charge in [0.25, 0.3) is 0 Å². The Bertz CT molecular complexity index is 404. The van der Waals surface area contributed by atoms with Crippen molar-refractivity contribution < 1.29 is 9.47 Å². The van der Waals surface area contributed by atoms with Gasteiger partial charge in [-0.05, 0) is 37.6 Å². The van der Waals surface area contributed by atoms with E-state index in [1.54, 1.807) is 6.08 Å². The van der Waals surface area contributed by atoms with Crippen LogP contribution in [0.15, 0.2) is 30.9 Å². The maximum atomic E-state index is 5.65. The molecule has 0 aliphatic rings. The summed E-state index contributed by atoms with van der Waals surface area (Å²) in [5.74, 6) is 1.59. The summed E-state index contributed by atoms with van der Waals surface area (Å²) in [6.07, 6.45) is 6.89. The molecule has 1 aromatic rings. The van der Waals surface area contributed by atoms with Gasteiger partial charge in [0.15, 0.2) is 11.5 Å². The lowest BCUT2D eigenvalue weighted by Crippen LogP contribution is -2.14. The molecule has 0 heterocycles. The number of ether oxygens (including phenoxy) is 2. The Balaban J connectivity index is 2.47. The maximum Gasteiger partial charge on any atom is 0.161 e. The Kier molecular flexibility index (Phi) is 9.38. The van der Waals surface area contributed by atoms with E-state index in [1.165, 1.54) is 31.2 Å². The Morgan fingerprint density at radius 1 is 1.10 bits per heavy atom. The maximum absolute atomic E-state index is 5.65. The minimum atomic E-state index is 0.495. The van der Waals surface area contributed by atoms with Crippen molar-refractivity contribution in [2.24, 2.45) is 0 Å². The van der Waals surface area contributed by atoms with E-state index in [-0.39, 0.29) is 0 Å². The van der Waals surface area contributed by atoms with Gasteiger partial charge in [-0.3, -0.25) is 0 Å². The molecule has 1 rings (SSSR count). The molecule has 0 amide bonds. The SMILES string of the molecule is C=CCOc1ccc(CNCCCCCC)cc1OCC. The van der Waals surface area contributed by atoms with Gasteiger partial charge in [0, 0.05) is 6.54 Å². The predicted octanol–water partition coefficient (Wildman–Crippen LogP) is 4.32. The second-order valence-corrected chi connectivity index (χ2v) is 5.05. The van der Waals surface area contributed by atoms with Crippen molar-refractivity contribution in [3.05, 3.63) is 36.4 Å². The molecule has 0 fully saturated rings. The van der Waals surface area contributed by atoms with Crippen LogP contribution in [0.1, 0.15) is 45.1 Å². The molecule has 0 unspecified atom stereocenters. The summed E-state index contributed by atoms with van der Waals surface area (Å²) in [5.41, 5.74) is 1.22. The zero-order chi connectivity index (χ0) is 15.3. The first-order valence-corrected chi connectivity index (χ1v) is 8.02. The zero-order valence-corrected chi connectivity index (χ0v) is 13.5. The summed E-state index contributed by atoms with van der Waals surface area (Å²) in [6.45, 7) is 11.0. The lowest BCUT2D eigenvalue weighted by atomic mass is 10.2. The number of hydrogen-bond acceptors (Lipinski definition) is 3. The van der Waals surface area contributed by atoms with Crippen LogP contribution >= 0.6 is 0 Å². The minimum absolute atomic E-state index is 0.495. The van der Waals surface area contributed by atoms with Gasteiger partial charge in [-0.2, -0.15) is 0 Å². The van der Waals surface area contributed by atoms with E-state index < -0.39 is 0 Å². The van der Waals surface area contributed by atoms with Crippen LogP contribution in [0.2, 0.25) is 0 Å². The number of hydrogen-bond donors (Lipinski definition) is 1. The fraction of sp³-hybridized carbons (Fsp3) is 0.556. The summed E-state index contributed by atoms with van der Waals surface area (Å²) >= 11 is 0. The Morgan fingerprint density at radius 2 is 1.95 bits per heavy atom. The summed E-state index contributed by atoms with van der Waals surface area (Å²) in [4.78, 5) is 0. The molecule has 0 saturated heterocycles. The van der Waals surface area contributed by atoms with Crippen molar-refractivity contribution >= 4 is 0 Å². The largest absolute Gasteiger partial charge is 0.490 e. The molecule has 3 heteroatoms. The molecule has 1 aromatic carbocycles. The van der Waals surface area contributed by atoms with Gasteiger partial charge in [-0.25, -0.2) is 0 Å². The fourth-order valence-electron chi connectivity index (χ4n) is 2.11. The summed E-state index contributed by atoms with van der Waals surface area (Å²) in [6, 6.07) is 6.11. The van der Waals surface area contributed by atoms with Crippen molar-refractivity contribution in [1.29, 1.82) is 0 Å². The highest BCUT2D eigenvalue weighted by Gasteiger charge is 2.06. The van der Waals surface area contributed by atoms with Gasteiger partial charge in [-0.15, -0.1) is 0 Å². The van der Waals surface area contributed by atoms with Gasteiger partial charge in [0.2, 0.25) is 0 Å². The predicted molar refractivity (Wildman–Crippen MR) is 89.2 cm³/mol. The van der Waals surface area contributed by atoms with Crippen LogP contribution in [-0.2, 0) is 6.54 Å². The Morgan fingerprint density at radius 3 is 2.67 bits per heavy atom. The van der Waals surface area contributed by atoms with Gasteiger partial charge < -0.3 is 14.8 Å². The highest BCUT2D eigenvalue weighted by molar-refractivity contribution is 5.43. The summed E-state index contributed by atoms with van der Waals surface area (Å²) in [7, 11) is 0. The van der Waals surface area contributed by atoms with E-state index in [0.717, 1.165) is 24.6 Å². The van der Waals surface area contributed by atoms with Gasteiger partial charge in [-0.1, -0.05) is 44.9 Å². The number of nitrogens with one attached hydrogen (secondary N) is 1. The number of unbranched alkanes of at least 4 members (excludes halogenated alkanes) is 3. The van der Waals surface area contributed by atoms with Gasteiger partial charge in [0.1, 0.15) is 6.61 Å². The third-order valence-electron chi connectivity index (χ3n) is 3.20. The molecule has 0 bridgehead atoms. The van der Waals surface area contributed by atoms with Crippen LogP contribution in [0.3, 0.4) is 0 Å². The average molecular weight is 291 g/mol. The average Bonchev–Trinajstić information content (AvgIpc) is 2.50. The van der Waals surface area contributed by atoms with E-state index in [4.69, 9.17) is 9.47 Å². The first-order chi connectivity index (χ1) is 10.3. The van der Waals surface area contributed by atoms with E-state index in [1.807, 2.05) is 13.0 Å². The third kappa shape index (κ3) is 7.19. The summed E-state index contributed by atoms with van der Waals surface area (Å²) < 4.78 is 11.2. The molecule has 118 valence electrons. The highest BCUT2D eigenvalue weighted by atomic mass is 16.5. The van der Waals surface area contributed by atoms with E-state index in [0.29, 0.717) is 13.2 Å². The molecular formula is C18H29NO2. The smallest absolute Gasteiger partial charge is 0.161 e. The standard InChI is InChI=1S/C18H29NO2/c1-4-7-8-9-12-19-15-16-10-11-17(21-13-5-2)18(14-16)20-6-3/h5,10-11,14,19H,2,4,6-9,12-13,15H2,1,3H3. The van der Waals surface area contributed by atoms with Crippen molar-refractivity contribution in [1.82, 2.24) is 5.32 Å². The molecule has 0 aliphatic heterocycles. The Hall–Kier alpha value is -1.48. The van der Waals surface area contributed by atoms with E-state index in [9.17, 15) is 0 Å². The molecular weight excluding hydrogens is 262 g/mol. The normalized spacial score (nSPS) is 10.4. The zero-order valence-electron chi connectivity index (χ0n) is 13.5. The topological polar surface area (TPSA) is 30.5 Å². The van der Waals surface area contributed by atoms with E-state index in [2.05, 4.69) is 31.0 Å². The van der Waals surface area contributed by atoms with Crippen LogP contribution in [0, 0.1) is 0 Å².